The molecule has 0 aliphatic rings. The first kappa shape index (κ1) is 14.0. The van der Waals surface area contributed by atoms with Gasteiger partial charge in [0.2, 0.25) is 5.13 Å². The van der Waals surface area contributed by atoms with Crippen molar-refractivity contribution in [3.05, 3.63) is 39.3 Å². The summed E-state index contributed by atoms with van der Waals surface area (Å²) in [7, 11) is 0. The Hall–Kier alpha value is -1.47. The SMILES string of the molecule is Nc1nnc(CCCNC(=O)c2ccccc2Br)s1. The summed E-state index contributed by atoms with van der Waals surface area (Å²) < 4.78 is 0.796. The highest BCUT2D eigenvalue weighted by Crippen LogP contribution is 2.15. The van der Waals surface area contributed by atoms with Gasteiger partial charge in [0.05, 0.1) is 5.56 Å². The second-order valence-corrected chi connectivity index (χ2v) is 5.82. The van der Waals surface area contributed by atoms with Crippen molar-refractivity contribution in [3.8, 4) is 0 Å². The molecule has 19 heavy (non-hydrogen) atoms. The highest BCUT2D eigenvalue weighted by atomic mass is 79.9. The Morgan fingerprint density at radius 1 is 1.37 bits per heavy atom. The fraction of sp³-hybridized carbons (Fsp3) is 0.250. The summed E-state index contributed by atoms with van der Waals surface area (Å²) in [5.41, 5.74) is 6.14. The van der Waals surface area contributed by atoms with Crippen LogP contribution in [-0.2, 0) is 6.42 Å². The Bertz CT molecular complexity index is 572. The van der Waals surface area contributed by atoms with Crippen molar-refractivity contribution in [1.29, 1.82) is 0 Å². The van der Waals surface area contributed by atoms with Crippen LogP contribution in [0.3, 0.4) is 0 Å². The molecule has 1 aromatic heterocycles. The predicted octanol–water partition coefficient (Wildman–Crippen LogP) is 2.25. The van der Waals surface area contributed by atoms with Gasteiger partial charge >= 0.3 is 0 Å². The summed E-state index contributed by atoms with van der Waals surface area (Å²) >= 11 is 4.73. The number of nitrogens with zero attached hydrogens (tertiary/aromatic N) is 2. The Labute approximate surface area is 123 Å². The number of benzene rings is 1. The monoisotopic (exact) mass is 340 g/mol. The van der Waals surface area contributed by atoms with E-state index in [-0.39, 0.29) is 5.91 Å². The minimum atomic E-state index is -0.0794. The molecule has 3 N–H and O–H groups in total. The van der Waals surface area contributed by atoms with E-state index in [9.17, 15) is 4.79 Å². The number of anilines is 1. The number of nitrogens with one attached hydrogen (secondary N) is 1. The van der Waals surface area contributed by atoms with E-state index < -0.39 is 0 Å². The summed E-state index contributed by atoms with van der Waals surface area (Å²) in [6, 6.07) is 7.34. The van der Waals surface area contributed by atoms with E-state index in [4.69, 9.17) is 5.73 Å². The molecule has 7 heteroatoms. The molecule has 1 amide bonds. The number of nitrogen functional groups attached to an aromatic ring is 1. The van der Waals surface area contributed by atoms with Crippen LogP contribution in [0.1, 0.15) is 21.8 Å². The maximum atomic E-state index is 11.9. The third-order valence-corrected chi connectivity index (χ3v) is 3.96. The summed E-state index contributed by atoms with van der Waals surface area (Å²) in [6.07, 6.45) is 1.58. The smallest absolute Gasteiger partial charge is 0.252 e. The second kappa shape index (κ2) is 6.63. The lowest BCUT2D eigenvalue weighted by molar-refractivity contribution is 0.0952. The molecule has 5 nitrogen and oxygen atoms in total. The molecule has 0 saturated carbocycles. The predicted molar refractivity (Wildman–Crippen MR) is 79.1 cm³/mol. The van der Waals surface area contributed by atoms with Crippen molar-refractivity contribution in [2.24, 2.45) is 0 Å². The molecule has 2 aromatic rings. The zero-order chi connectivity index (χ0) is 13.7. The van der Waals surface area contributed by atoms with Crippen LogP contribution in [-0.4, -0.2) is 22.6 Å². The molecule has 0 saturated heterocycles. The number of rotatable bonds is 5. The summed E-state index contributed by atoms with van der Waals surface area (Å²) in [6.45, 7) is 0.597. The minimum absolute atomic E-state index is 0.0794. The summed E-state index contributed by atoms with van der Waals surface area (Å²) in [5.74, 6) is -0.0794. The van der Waals surface area contributed by atoms with Crippen LogP contribution in [0.15, 0.2) is 28.7 Å². The van der Waals surface area contributed by atoms with Crippen molar-refractivity contribution in [3.63, 3.8) is 0 Å². The standard InChI is InChI=1S/C12H13BrN4OS/c13-9-5-2-1-4-8(9)11(18)15-7-3-6-10-16-17-12(14)19-10/h1-2,4-5H,3,6-7H2,(H2,14,17)(H,15,18). The van der Waals surface area contributed by atoms with E-state index >= 15 is 0 Å². The number of carbonyl (C=O) groups excluding carboxylic acids is 1. The van der Waals surface area contributed by atoms with E-state index in [1.807, 2.05) is 18.2 Å². The third kappa shape index (κ3) is 4.00. The van der Waals surface area contributed by atoms with E-state index in [0.717, 1.165) is 22.3 Å². The maximum Gasteiger partial charge on any atom is 0.252 e. The molecule has 0 bridgehead atoms. The van der Waals surface area contributed by atoms with Crippen molar-refractivity contribution < 1.29 is 4.79 Å². The molecule has 0 fully saturated rings. The average molecular weight is 341 g/mol. The van der Waals surface area contributed by atoms with Gasteiger partial charge in [-0.2, -0.15) is 0 Å². The van der Waals surface area contributed by atoms with Crippen LogP contribution >= 0.6 is 27.3 Å². The molecule has 0 aliphatic carbocycles. The van der Waals surface area contributed by atoms with E-state index in [1.165, 1.54) is 11.3 Å². The van der Waals surface area contributed by atoms with Crippen LogP contribution in [0.5, 0.6) is 0 Å². The molecule has 0 radical (unpaired) electrons. The van der Waals surface area contributed by atoms with Gasteiger partial charge in [-0.1, -0.05) is 23.5 Å². The van der Waals surface area contributed by atoms with Crippen LogP contribution in [0.2, 0.25) is 0 Å². The van der Waals surface area contributed by atoms with Gasteiger partial charge < -0.3 is 11.1 Å². The Balaban J connectivity index is 1.77. The van der Waals surface area contributed by atoms with Crippen LogP contribution in [0, 0.1) is 0 Å². The first-order valence-electron chi connectivity index (χ1n) is 5.77. The van der Waals surface area contributed by atoms with E-state index in [1.54, 1.807) is 6.07 Å². The fourth-order valence-electron chi connectivity index (χ4n) is 1.55. The fourth-order valence-corrected chi connectivity index (χ4v) is 2.67. The average Bonchev–Trinajstić information content (AvgIpc) is 2.81. The topological polar surface area (TPSA) is 80.9 Å². The number of aryl methyl sites for hydroxylation is 1. The van der Waals surface area contributed by atoms with Gasteiger partial charge in [0.25, 0.3) is 5.91 Å². The quantitative estimate of drug-likeness (QED) is 0.818. The number of amides is 1. The van der Waals surface area contributed by atoms with Crippen molar-refractivity contribution in [1.82, 2.24) is 15.5 Å². The van der Waals surface area contributed by atoms with Gasteiger partial charge in [-0.15, -0.1) is 10.2 Å². The molecule has 100 valence electrons. The zero-order valence-electron chi connectivity index (χ0n) is 10.1. The van der Waals surface area contributed by atoms with Crippen molar-refractivity contribution >= 4 is 38.3 Å². The lowest BCUT2D eigenvalue weighted by atomic mass is 10.2. The van der Waals surface area contributed by atoms with Crippen molar-refractivity contribution in [2.45, 2.75) is 12.8 Å². The first-order valence-corrected chi connectivity index (χ1v) is 7.38. The minimum Gasteiger partial charge on any atom is -0.374 e. The van der Waals surface area contributed by atoms with E-state index in [0.29, 0.717) is 17.2 Å². The molecule has 0 unspecified atom stereocenters. The lowest BCUT2D eigenvalue weighted by Crippen LogP contribution is -2.25. The molecular weight excluding hydrogens is 328 g/mol. The molecule has 1 aromatic carbocycles. The Morgan fingerprint density at radius 2 is 2.16 bits per heavy atom. The number of carbonyl (C=O) groups is 1. The van der Waals surface area contributed by atoms with Gasteiger partial charge in [0, 0.05) is 17.4 Å². The summed E-state index contributed by atoms with van der Waals surface area (Å²) in [4.78, 5) is 11.9. The van der Waals surface area contributed by atoms with Gasteiger partial charge in [0.15, 0.2) is 0 Å². The molecule has 0 aliphatic heterocycles. The van der Waals surface area contributed by atoms with Gasteiger partial charge in [0.1, 0.15) is 5.01 Å². The van der Waals surface area contributed by atoms with Crippen LogP contribution in [0.25, 0.3) is 0 Å². The first-order chi connectivity index (χ1) is 9.16. The Kier molecular flexibility index (Phi) is 4.86. The number of hydrogen-bond acceptors (Lipinski definition) is 5. The normalized spacial score (nSPS) is 10.4. The van der Waals surface area contributed by atoms with Crippen LogP contribution in [0.4, 0.5) is 5.13 Å². The van der Waals surface area contributed by atoms with Crippen LogP contribution < -0.4 is 11.1 Å². The lowest BCUT2D eigenvalue weighted by Gasteiger charge is -2.05. The molecule has 1 heterocycles. The highest BCUT2D eigenvalue weighted by molar-refractivity contribution is 9.10. The molecule has 0 atom stereocenters. The van der Waals surface area contributed by atoms with Gasteiger partial charge in [-0.05, 0) is 34.5 Å². The summed E-state index contributed by atoms with van der Waals surface area (Å²) in [5, 5.41) is 11.9. The molecule has 0 spiro atoms. The van der Waals surface area contributed by atoms with E-state index in [2.05, 4.69) is 31.4 Å². The number of halogens is 1. The highest BCUT2D eigenvalue weighted by Gasteiger charge is 2.08. The van der Waals surface area contributed by atoms with Gasteiger partial charge in [-0.3, -0.25) is 4.79 Å². The number of aromatic nitrogens is 2. The molecular formula is C12H13BrN4OS. The molecule has 2 rings (SSSR count). The largest absolute Gasteiger partial charge is 0.374 e. The number of hydrogen-bond donors (Lipinski definition) is 2. The van der Waals surface area contributed by atoms with Crippen molar-refractivity contribution in [2.75, 3.05) is 12.3 Å². The maximum absolute atomic E-state index is 11.9. The zero-order valence-corrected chi connectivity index (χ0v) is 12.5. The van der Waals surface area contributed by atoms with Gasteiger partial charge in [-0.25, -0.2) is 0 Å². The Morgan fingerprint density at radius 3 is 2.84 bits per heavy atom. The second-order valence-electron chi connectivity index (χ2n) is 3.87. The number of nitrogens with two attached hydrogens (primary N) is 1. The third-order valence-electron chi connectivity index (χ3n) is 2.45.